The van der Waals surface area contributed by atoms with Gasteiger partial charge in [0.05, 0.1) is 12.8 Å². The van der Waals surface area contributed by atoms with E-state index in [1.54, 1.807) is 7.11 Å². The third-order valence-electron chi connectivity index (χ3n) is 4.61. The van der Waals surface area contributed by atoms with Crippen molar-refractivity contribution in [2.24, 2.45) is 0 Å². The summed E-state index contributed by atoms with van der Waals surface area (Å²) in [5.41, 5.74) is 4.32. The predicted octanol–water partition coefficient (Wildman–Crippen LogP) is 4.68. The van der Waals surface area contributed by atoms with Crippen LogP contribution < -0.4 is 9.64 Å². The molecule has 0 unspecified atom stereocenters. The quantitative estimate of drug-likeness (QED) is 0.512. The summed E-state index contributed by atoms with van der Waals surface area (Å²) in [6.07, 6.45) is 0. The maximum Gasteiger partial charge on any atom is 0.231 e. The monoisotopic (exact) mass is 370 g/mol. The van der Waals surface area contributed by atoms with Crippen LogP contribution in [0.3, 0.4) is 0 Å². The minimum Gasteiger partial charge on any atom is -0.497 e. The number of anilines is 1. The molecule has 0 saturated heterocycles. The molecule has 0 fully saturated rings. The van der Waals surface area contributed by atoms with Crippen molar-refractivity contribution in [3.63, 3.8) is 0 Å². The van der Waals surface area contributed by atoms with Gasteiger partial charge >= 0.3 is 0 Å². The van der Waals surface area contributed by atoms with Gasteiger partial charge in [0, 0.05) is 25.7 Å². The van der Waals surface area contributed by atoms with Gasteiger partial charge in [-0.25, -0.2) is 0 Å². The molecule has 0 N–H and O–H groups in total. The molecule has 0 saturated carbocycles. The standard InChI is InChI=1S/C23H22N4O/c1-26(2)23-25-24-22(27(23)20-10-7-11-21(16-20)28-3)19-14-12-18(13-15-19)17-8-5-4-6-9-17/h4-16H,1-3H3. The SMILES string of the molecule is COc1cccc(-n2c(-c3ccc(-c4ccccc4)cc3)nnc2N(C)C)c1. The van der Waals surface area contributed by atoms with Gasteiger partial charge in [-0.2, -0.15) is 0 Å². The van der Waals surface area contributed by atoms with E-state index in [4.69, 9.17) is 4.74 Å². The Morgan fingerprint density at radius 2 is 1.43 bits per heavy atom. The van der Waals surface area contributed by atoms with Crippen LogP contribution in [0.2, 0.25) is 0 Å². The number of hydrogen-bond acceptors (Lipinski definition) is 4. The fourth-order valence-corrected chi connectivity index (χ4v) is 3.18. The number of nitrogens with zero attached hydrogens (tertiary/aromatic N) is 4. The van der Waals surface area contributed by atoms with Crippen molar-refractivity contribution in [1.29, 1.82) is 0 Å². The number of hydrogen-bond donors (Lipinski definition) is 0. The van der Waals surface area contributed by atoms with Crippen LogP contribution in [0.25, 0.3) is 28.2 Å². The lowest BCUT2D eigenvalue weighted by Crippen LogP contribution is -2.15. The van der Waals surface area contributed by atoms with Crippen molar-refractivity contribution in [2.75, 3.05) is 26.1 Å². The topological polar surface area (TPSA) is 43.2 Å². The summed E-state index contributed by atoms with van der Waals surface area (Å²) in [4.78, 5) is 1.95. The highest BCUT2D eigenvalue weighted by molar-refractivity contribution is 5.69. The zero-order chi connectivity index (χ0) is 19.5. The van der Waals surface area contributed by atoms with E-state index in [2.05, 4.69) is 46.6 Å². The van der Waals surface area contributed by atoms with Gasteiger partial charge in [-0.3, -0.25) is 4.57 Å². The number of benzene rings is 3. The molecule has 0 aliphatic rings. The van der Waals surface area contributed by atoms with Crippen molar-refractivity contribution in [3.05, 3.63) is 78.9 Å². The van der Waals surface area contributed by atoms with Crippen molar-refractivity contribution in [3.8, 4) is 34.0 Å². The first-order chi connectivity index (χ1) is 13.7. The van der Waals surface area contributed by atoms with Crippen LogP contribution >= 0.6 is 0 Å². The molecule has 0 bridgehead atoms. The maximum absolute atomic E-state index is 5.40. The van der Waals surface area contributed by atoms with Gasteiger partial charge in [0.15, 0.2) is 5.82 Å². The third-order valence-corrected chi connectivity index (χ3v) is 4.61. The predicted molar refractivity (Wildman–Crippen MR) is 113 cm³/mol. The first-order valence-corrected chi connectivity index (χ1v) is 9.10. The van der Waals surface area contributed by atoms with E-state index in [1.165, 1.54) is 11.1 Å². The molecule has 28 heavy (non-hydrogen) atoms. The Kier molecular flexibility index (Phi) is 4.81. The van der Waals surface area contributed by atoms with E-state index in [1.807, 2.05) is 66.0 Å². The Labute approximate surface area is 164 Å². The molecule has 0 aliphatic heterocycles. The minimum absolute atomic E-state index is 0.760. The summed E-state index contributed by atoms with van der Waals surface area (Å²) in [5.74, 6) is 2.34. The third kappa shape index (κ3) is 3.34. The van der Waals surface area contributed by atoms with E-state index in [9.17, 15) is 0 Å². The van der Waals surface area contributed by atoms with Crippen molar-refractivity contribution < 1.29 is 4.74 Å². The Bertz CT molecular complexity index is 1070. The second-order valence-corrected chi connectivity index (χ2v) is 6.70. The highest BCUT2D eigenvalue weighted by atomic mass is 16.5. The smallest absolute Gasteiger partial charge is 0.231 e. The molecule has 4 aromatic rings. The van der Waals surface area contributed by atoms with Gasteiger partial charge < -0.3 is 9.64 Å². The van der Waals surface area contributed by atoms with Crippen LogP contribution in [-0.4, -0.2) is 36.0 Å². The molecular weight excluding hydrogens is 348 g/mol. The first kappa shape index (κ1) is 17.8. The van der Waals surface area contributed by atoms with E-state index >= 15 is 0 Å². The van der Waals surface area contributed by atoms with Crippen molar-refractivity contribution in [2.45, 2.75) is 0 Å². The zero-order valence-corrected chi connectivity index (χ0v) is 16.2. The van der Waals surface area contributed by atoms with Crippen LogP contribution in [0, 0.1) is 0 Å². The average molecular weight is 370 g/mol. The molecule has 1 aromatic heterocycles. The fraction of sp³-hybridized carbons (Fsp3) is 0.130. The van der Waals surface area contributed by atoms with Gasteiger partial charge in [-0.15, -0.1) is 10.2 Å². The molecule has 140 valence electrons. The Balaban J connectivity index is 1.80. The molecule has 1 heterocycles. The summed E-state index contributed by atoms with van der Waals surface area (Å²) in [5, 5.41) is 8.87. The van der Waals surface area contributed by atoms with Crippen LogP contribution in [0.15, 0.2) is 78.9 Å². The Morgan fingerprint density at radius 1 is 0.750 bits per heavy atom. The number of ether oxygens (including phenoxy) is 1. The Morgan fingerprint density at radius 3 is 2.11 bits per heavy atom. The molecule has 5 heteroatoms. The van der Waals surface area contributed by atoms with Gasteiger partial charge in [-0.05, 0) is 23.3 Å². The molecule has 0 amide bonds. The molecule has 0 atom stereocenters. The molecule has 0 aliphatic carbocycles. The van der Waals surface area contributed by atoms with Crippen molar-refractivity contribution in [1.82, 2.24) is 14.8 Å². The normalized spacial score (nSPS) is 10.7. The van der Waals surface area contributed by atoms with E-state index < -0.39 is 0 Å². The summed E-state index contributed by atoms with van der Waals surface area (Å²) in [7, 11) is 5.59. The second-order valence-electron chi connectivity index (χ2n) is 6.70. The van der Waals surface area contributed by atoms with Crippen LogP contribution in [0.5, 0.6) is 5.75 Å². The van der Waals surface area contributed by atoms with Crippen LogP contribution in [-0.2, 0) is 0 Å². The molecule has 0 spiro atoms. The minimum atomic E-state index is 0.760. The number of aromatic nitrogens is 3. The van der Waals surface area contributed by atoms with Gasteiger partial charge in [0.2, 0.25) is 5.95 Å². The van der Waals surface area contributed by atoms with E-state index in [0.717, 1.165) is 28.8 Å². The van der Waals surface area contributed by atoms with Crippen LogP contribution in [0.4, 0.5) is 5.95 Å². The van der Waals surface area contributed by atoms with Gasteiger partial charge in [-0.1, -0.05) is 60.7 Å². The lowest BCUT2D eigenvalue weighted by Gasteiger charge is -2.16. The number of methoxy groups -OCH3 is 1. The number of rotatable bonds is 5. The fourth-order valence-electron chi connectivity index (χ4n) is 3.18. The van der Waals surface area contributed by atoms with E-state index in [-0.39, 0.29) is 0 Å². The maximum atomic E-state index is 5.40. The summed E-state index contributed by atoms with van der Waals surface area (Å²) in [6.45, 7) is 0. The average Bonchev–Trinajstić information content (AvgIpc) is 3.20. The summed E-state index contributed by atoms with van der Waals surface area (Å²) in [6, 6.07) is 26.7. The molecular formula is C23H22N4O. The van der Waals surface area contributed by atoms with Gasteiger partial charge in [0.25, 0.3) is 0 Å². The molecule has 3 aromatic carbocycles. The summed E-state index contributed by atoms with van der Waals surface area (Å²) < 4.78 is 7.44. The first-order valence-electron chi connectivity index (χ1n) is 9.10. The zero-order valence-electron chi connectivity index (χ0n) is 16.2. The highest BCUT2D eigenvalue weighted by Crippen LogP contribution is 2.29. The van der Waals surface area contributed by atoms with Crippen molar-refractivity contribution >= 4 is 5.95 Å². The molecule has 0 radical (unpaired) electrons. The summed E-state index contributed by atoms with van der Waals surface area (Å²) >= 11 is 0. The lowest BCUT2D eigenvalue weighted by atomic mass is 10.0. The Hall–Kier alpha value is -3.60. The lowest BCUT2D eigenvalue weighted by molar-refractivity contribution is 0.414. The largest absolute Gasteiger partial charge is 0.497 e. The van der Waals surface area contributed by atoms with Crippen LogP contribution in [0.1, 0.15) is 0 Å². The molecule has 4 rings (SSSR count). The van der Waals surface area contributed by atoms with Gasteiger partial charge in [0.1, 0.15) is 5.75 Å². The second kappa shape index (κ2) is 7.56. The van der Waals surface area contributed by atoms with E-state index in [0.29, 0.717) is 0 Å². The molecule has 5 nitrogen and oxygen atoms in total. The highest BCUT2D eigenvalue weighted by Gasteiger charge is 2.17.